The van der Waals surface area contributed by atoms with E-state index in [2.05, 4.69) is 0 Å². The van der Waals surface area contributed by atoms with Gasteiger partial charge >= 0.3 is 5.97 Å². The topological polar surface area (TPSA) is 63.3 Å². The zero-order chi connectivity index (χ0) is 7.11. The van der Waals surface area contributed by atoms with Gasteiger partial charge in [-0.3, -0.25) is 4.79 Å². The highest BCUT2D eigenvalue weighted by molar-refractivity contribution is 6.92. The molecule has 0 amide bonds. The molecule has 1 unspecified atom stereocenters. The van der Waals surface area contributed by atoms with Crippen LogP contribution < -0.4 is 5.73 Å². The second kappa shape index (κ2) is 8.86. The lowest BCUT2D eigenvalue weighted by Gasteiger charge is -1.93. The van der Waals surface area contributed by atoms with Crippen molar-refractivity contribution in [1.29, 1.82) is 0 Å². The molecular weight excluding hydrogens is 149 g/mol. The Morgan fingerprint density at radius 2 is 1.90 bits per heavy atom. The number of carboxylic acid groups (broad SMARTS) is 1. The van der Waals surface area contributed by atoms with E-state index in [9.17, 15) is 4.79 Å². The molecule has 0 fully saturated rings. The van der Waals surface area contributed by atoms with Crippen molar-refractivity contribution >= 4 is 15.9 Å². The monoisotopic (exact) mass is 165 g/mol. The van der Waals surface area contributed by atoms with Crippen LogP contribution in [0.2, 0.25) is 0 Å². The summed E-state index contributed by atoms with van der Waals surface area (Å²) in [4.78, 5) is 9.93. The Bertz CT molecular complexity index is 87.8. The Balaban J connectivity index is 0. The number of hydrogen-bond acceptors (Lipinski definition) is 2. The maximum absolute atomic E-state index is 9.93. The second-order valence-electron chi connectivity index (χ2n) is 1.99. The van der Waals surface area contributed by atoms with Gasteiger partial charge in [0.25, 0.3) is 0 Å². The van der Waals surface area contributed by atoms with Crippen molar-refractivity contribution in [2.24, 2.45) is 5.73 Å². The molecule has 0 heterocycles. The van der Waals surface area contributed by atoms with E-state index < -0.39 is 5.97 Å². The minimum atomic E-state index is -0.716. The van der Waals surface area contributed by atoms with E-state index in [4.69, 9.17) is 10.8 Å². The molecule has 4 heteroatoms. The summed E-state index contributed by atoms with van der Waals surface area (Å²) in [5.74, 6) is -0.716. The lowest BCUT2D eigenvalue weighted by Crippen LogP contribution is -1.99. The van der Waals surface area contributed by atoms with Crippen molar-refractivity contribution in [2.75, 3.05) is 6.54 Å². The van der Waals surface area contributed by atoms with Crippen molar-refractivity contribution in [2.45, 2.75) is 25.7 Å². The van der Waals surface area contributed by atoms with Crippen molar-refractivity contribution in [1.82, 2.24) is 0 Å². The van der Waals surface area contributed by atoms with Gasteiger partial charge in [0, 0.05) is 6.42 Å². The fourth-order valence-corrected chi connectivity index (χ4v) is 0.597. The van der Waals surface area contributed by atoms with Gasteiger partial charge in [0.2, 0.25) is 0 Å². The van der Waals surface area contributed by atoms with Crippen molar-refractivity contribution in [3.63, 3.8) is 0 Å². The Morgan fingerprint density at radius 3 is 2.30 bits per heavy atom. The van der Waals surface area contributed by atoms with Gasteiger partial charge in [-0.15, -0.1) is 0 Å². The van der Waals surface area contributed by atoms with E-state index in [-0.39, 0.29) is 16.3 Å². The fraction of sp³-hybridized carbons (Fsp3) is 0.833. The highest BCUT2D eigenvalue weighted by Crippen LogP contribution is 1.97. The van der Waals surface area contributed by atoms with Gasteiger partial charge in [-0.05, 0) is 19.4 Å². The quantitative estimate of drug-likeness (QED) is 0.464. The molecule has 1 atom stereocenters. The van der Waals surface area contributed by atoms with Gasteiger partial charge in [-0.2, -0.15) is 9.90 Å². The van der Waals surface area contributed by atoms with Gasteiger partial charge in [-0.25, -0.2) is 0 Å². The number of rotatable bonds is 5. The molecule has 3 nitrogen and oxygen atoms in total. The molecule has 62 valence electrons. The summed E-state index contributed by atoms with van der Waals surface area (Å²) in [5.41, 5.74) is 5.20. The van der Waals surface area contributed by atoms with Crippen LogP contribution in [0.1, 0.15) is 25.7 Å². The zero-order valence-corrected chi connectivity index (χ0v) is 7.59. The largest absolute Gasteiger partial charge is 0.481 e. The SMILES string of the molecule is NCCCCCC(=O)O.P. The molecule has 0 saturated carbocycles. The normalized spacial score (nSPS) is 8.50. The number of carboxylic acids is 1. The van der Waals surface area contributed by atoms with Crippen LogP contribution in [0.15, 0.2) is 0 Å². The third-order valence-electron chi connectivity index (χ3n) is 1.09. The number of aliphatic carboxylic acids is 1. The van der Waals surface area contributed by atoms with E-state index in [1.54, 1.807) is 0 Å². The van der Waals surface area contributed by atoms with Gasteiger partial charge in [0.05, 0.1) is 0 Å². The van der Waals surface area contributed by atoms with Crippen LogP contribution in [-0.4, -0.2) is 17.6 Å². The number of hydrogen-bond donors (Lipinski definition) is 2. The molecule has 10 heavy (non-hydrogen) atoms. The lowest BCUT2D eigenvalue weighted by atomic mass is 10.2. The summed E-state index contributed by atoms with van der Waals surface area (Å²) in [6, 6.07) is 0. The van der Waals surface area contributed by atoms with Gasteiger partial charge in [-0.1, -0.05) is 6.42 Å². The standard InChI is InChI=1S/C6H13NO2.H3P/c7-5-3-1-2-4-6(8)9;/h1-5,7H2,(H,8,9);1H3. The summed E-state index contributed by atoms with van der Waals surface area (Å²) in [6.07, 6.45) is 2.91. The Kier molecular flexibility index (Phi) is 11.1. The van der Waals surface area contributed by atoms with Crippen LogP contribution in [0.3, 0.4) is 0 Å². The first-order chi connectivity index (χ1) is 4.27. The number of unbranched alkanes of at least 4 members (excludes halogenated alkanes) is 2. The third kappa shape index (κ3) is 10.8. The summed E-state index contributed by atoms with van der Waals surface area (Å²) >= 11 is 0. The maximum Gasteiger partial charge on any atom is 0.303 e. The van der Waals surface area contributed by atoms with E-state index in [0.29, 0.717) is 6.54 Å². The first-order valence-electron chi connectivity index (χ1n) is 3.19. The Morgan fingerprint density at radius 1 is 1.30 bits per heavy atom. The van der Waals surface area contributed by atoms with E-state index in [1.807, 2.05) is 0 Å². The average molecular weight is 165 g/mol. The molecule has 0 aromatic rings. The molecule has 3 N–H and O–H groups in total. The molecule has 0 aromatic heterocycles. The predicted octanol–water partition coefficient (Wildman–Crippen LogP) is 0.648. The highest BCUT2D eigenvalue weighted by atomic mass is 31.0. The Hall–Kier alpha value is -0.140. The summed E-state index contributed by atoms with van der Waals surface area (Å²) in [7, 11) is 0. The highest BCUT2D eigenvalue weighted by Gasteiger charge is 1.94. The van der Waals surface area contributed by atoms with Crippen LogP contribution in [-0.2, 0) is 4.79 Å². The molecule has 0 aromatic carbocycles. The van der Waals surface area contributed by atoms with Crippen molar-refractivity contribution in [3.05, 3.63) is 0 Å². The molecule has 0 bridgehead atoms. The third-order valence-corrected chi connectivity index (χ3v) is 1.09. The fourth-order valence-electron chi connectivity index (χ4n) is 0.597. The van der Waals surface area contributed by atoms with Crippen LogP contribution in [0, 0.1) is 0 Å². The van der Waals surface area contributed by atoms with Crippen molar-refractivity contribution in [3.8, 4) is 0 Å². The smallest absolute Gasteiger partial charge is 0.303 e. The van der Waals surface area contributed by atoms with Crippen LogP contribution in [0.5, 0.6) is 0 Å². The molecule has 0 saturated heterocycles. The van der Waals surface area contributed by atoms with E-state index in [0.717, 1.165) is 19.3 Å². The minimum absolute atomic E-state index is 0. The molecule has 0 aliphatic rings. The molecule has 0 aliphatic heterocycles. The van der Waals surface area contributed by atoms with E-state index in [1.165, 1.54) is 0 Å². The zero-order valence-electron chi connectivity index (χ0n) is 6.18. The second-order valence-corrected chi connectivity index (χ2v) is 1.99. The average Bonchev–Trinajstić information content (AvgIpc) is 1.80. The summed E-state index contributed by atoms with van der Waals surface area (Å²) in [5, 5.41) is 8.18. The first-order valence-corrected chi connectivity index (χ1v) is 3.19. The van der Waals surface area contributed by atoms with Gasteiger partial charge in [0.1, 0.15) is 0 Å². The lowest BCUT2D eigenvalue weighted by molar-refractivity contribution is -0.137. The molecule has 0 radical (unpaired) electrons. The van der Waals surface area contributed by atoms with Gasteiger partial charge in [0.15, 0.2) is 0 Å². The molecular formula is C6H16NO2P. The Labute approximate surface area is 64.6 Å². The number of carbonyl (C=O) groups is 1. The molecule has 0 spiro atoms. The van der Waals surface area contributed by atoms with Crippen molar-refractivity contribution < 1.29 is 9.90 Å². The summed E-state index contributed by atoms with van der Waals surface area (Å²) < 4.78 is 0. The molecule has 0 rings (SSSR count). The van der Waals surface area contributed by atoms with E-state index >= 15 is 0 Å². The summed E-state index contributed by atoms with van der Waals surface area (Å²) in [6.45, 7) is 0.666. The van der Waals surface area contributed by atoms with Crippen LogP contribution in [0.4, 0.5) is 0 Å². The first kappa shape index (κ1) is 12.5. The molecule has 0 aliphatic carbocycles. The maximum atomic E-state index is 9.93. The minimum Gasteiger partial charge on any atom is -0.481 e. The van der Waals surface area contributed by atoms with Gasteiger partial charge < -0.3 is 10.8 Å². The number of nitrogens with two attached hydrogens (primary N) is 1. The van der Waals surface area contributed by atoms with Crippen LogP contribution >= 0.6 is 9.90 Å². The predicted molar refractivity (Wildman–Crippen MR) is 46.3 cm³/mol. The van der Waals surface area contributed by atoms with Crippen LogP contribution in [0.25, 0.3) is 0 Å².